The summed E-state index contributed by atoms with van der Waals surface area (Å²) in [7, 11) is 1.81. The number of hydrogen-bond acceptors (Lipinski definition) is 4. The van der Waals surface area contributed by atoms with Gasteiger partial charge in [-0.2, -0.15) is 0 Å². The van der Waals surface area contributed by atoms with Gasteiger partial charge in [0.2, 0.25) is 5.91 Å². The van der Waals surface area contributed by atoms with Gasteiger partial charge in [0.25, 0.3) is 0 Å². The van der Waals surface area contributed by atoms with Crippen molar-refractivity contribution in [2.45, 2.75) is 38.6 Å². The molecule has 7 nitrogen and oxygen atoms in total. The summed E-state index contributed by atoms with van der Waals surface area (Å²) in [4.78, 5) is 38.1. The number of aromatic nitrogens is 2. The van der Waals surface area contributed by atoms with Crippen molar-refractivity contribution in [1.29, 1.82) is 0 Å². The SMILES string of the molecule is Cc1cc(C)nc(CNC(=O)N2CCCC3(C2)C(=O)N(C)c2ccccc23)n1. The van der Waals surface area contributed by atoms with E-state index < -0.39 is 5.41 Å². The standard InChI is InChI=1S/C21H25N5O2/c1-14-11-15(2)24-18(23-14)12-22-20(28)26-10-6-9-21(13-26)16-7-4-5-8-17(16)25(3)19(21)27/h4-5,7-8,11H,6,9-10,12-13H2,1-3H3,(H,22,28). The Morgan fingerprint density at radius 2 is 1.93 bits per heavy atom. The van der Waals surface area contributed by atoms with Crippen LogP contribution in [-0.4, -0.2) is 46.9 Å². The lowest BCUT2D eigenvalue weighted by Gasteiger charge is -2.39. The summed E-state index contributed by atoms with van der Waals surface area (Å²) in [6.45, 7) is 5.13. The van der Waals surface area contributed by atoms with E-state index in [9.17, 15) is 9.59 Å². The highest BCUT2D eigenvalue weighted by atomic mass is 16.2. The van der Waals surface area contributed by atoms with Gasteiger partial charge in [-0.25, -0.2) is 14.8 Å². The summed E-state index contributed by atoms with van der Waals surface area (Å²) in [6, 6.07) is 9.61. The maximum atomic E-state index is 13.1. The third kappa shape index (κ3) is 3.00. The highest BCUT2D eigenvalue weighted by Crippen LogP contribution is 2.46. The lowest BCUT2D eigenvalue weighted by Crippen LogP contribution is -2.55. The van der Waals surface area contributed by atoms with E-state index in [1.807, 2.05) is 51.2 Å². The van der Waals surface area contributed by atoms with Crippen LogP contribution in [0.15, 0.2) is 30.3 Å². The average Bonchev–Trinajstić information content (AvgIpc) is 2.88. The van der Waals surface area contributed by atoms with Gasteiger partial charge < -0.3 is 15.1 Å². The molecule has 2 aliphatic rings. The fraction of sp³-hybridized carbons (Fsp3) is 0.429. The highest BCUT2D eigenvalue weighted by Gasteiger charge is 2.52. The number of piperidine rings is 1. The molecule has 2 aromatic rings. The predicted octanol–water partition coefficient (Wildman–Crippen LogP) is 2.31. The van der Waals surface area contributed by atoms with Gasteiger partial charge in [-0.15, -0.1) is 0 Å². The number of aryl methyl sites for hydroxylation is 2. The van der Waals surface area contributed by atoms with Crippen molar-refractivity contribution in [3.05, 3.63) is 53.1 Å². The van der Waals surface area contributed by atoms with Crippen LogP contribution in [0, 0.1) is 13.8 Å². The molecular weight excluding hydrogens is 354 g/mol. The Labute approximate surface area is 164 Å². The van der Waals surface area contributed by atoms with Crippen molar-refractivity contribution in [3.8, 4) is 0 Å². The van der Waals surface area contributed by atoms with E-state index in [1.165, 1.54) is 0 Å². The maximum absolute atomic E-state index is 13.1. The number of urea groups is 1. The summed E-state index contributed by atoms with van der Waals surface area (Å²) < 4.78 is 0. The van der Waals surface area contributed by atoms with Crippen LogP contribution >= 0.6 is 0 Å². The zero-order valence-electron chi connectivity index (χ0n) is 16.5. The molecule has 146 valence electrons. The van der Waals surface area contributed by atoms with Gasteiger partial charge in [0.1, 0.15) is 5.82 Å². The molecule has 0 radical (unpaired) electrons. The van der Waals surface area contributed by atoms with Gasteiger partial charge >= 0.3 is 6.03 Å². The number of likely N-dealkylation sites (tertiary alicyclic amines) is 1. The Kier molecular flexibility index (Phi) is 4.53. The van der Waals surface area contributed by atoms with Crippen molar-refractivity contribution in [2.24, 2.45) is 0 Å². The van der Waals surface area contributed by atoms with Crippen molar-refractivity contribution in [1.82, 2.24) is 20.2 Å². The van der Waals surface area contributed by atoms with Crippen LogP contribution in [0.1, 0.15) is 35.6 Å². The molecular formula is C21H25N5O2. The van der Waals surface area contributed by atoms with Crippen molar-refractivity contribution >= 4 is 17.6 Å². The van der Waals surface area contributed by atoms with E-state index in [2.05, 4.69) is 15.3 Å². The largest absolute Gasteiger partial charge is 0.331 e. The molecule has 4 rings (SSSR count). The van der Waals surface area contributed by atoms with E-state index >= 15 is 0 Å². The number of nitrogens with zero attached hydrogens (tertiary/aromatic N) is 4. The summed E-state index contributed by atoms with van der Waals surface area (Å²) >= 11 is 0. The van der Waals surface area contributed by atoms with Crippen LogP contribution in [0.4, 0.5) is 10.5 Å². The second-order valence-corrected chi connectivity index (χ2v) is 7.71. The van der Waals surface area contributed by atoms with E-state index in [0.717, 1.165) is 35.5 Å². The lowest BCUT2D eigenvalue weighted by atomic mass is 9.75. The number of para-hydroxylation sites is 1. The first-order valence-electron chi connectivity index (χ1n) is 9.62. The minimum atomic E-state index is -0.642. The van der Waals surface area contributed by atoms with E-state index in [4.69, 9.17) is 0 Å². The van der Waals surface area contributed by atoms with Crippen LogP contribution in [-0.2, 0) is 16.8 Å². The molecule has 1 saturated heterocycles. The first-order chi connectivity index (χ1) is 13.4. The molecule has 2 aliphatic heterocycles. The molecule has 1 spiro atoms. The third-order valence-electron chi connectivity index (χ3n) is 5.70. The predicted molar refractivity (Wildman–Crippen MR) is 106 cm³/mol. The lowest BCUT2D eigenvalue weighted by molar-refractivity contribution is -0.124. The highest BCUT2D eigenvalue weighted by molar-refractivity contribution is 6.08. The fourth-order valence-corrected chi connectivity index (χ4v) is 4.48. The van der Waals surface area contributed by atoms with Gasteiger partial charge in [-0.1, -0.05) is 18.2 Å². The number of nitrogens with one attached hydrogen (secondary N) is 1. The summed E-state index contributed by atoms with van der Waals surface area (Å²) in [5, 5.41) is 2.92. The first-order valence-corrected chi connectivity index (χ1v) is 9.62. The van der Waals surface area contributed by atoms with Crippen LogP contribution < -0.4 is 10.2 Å². The molecule has 0 saturated carbocycles. The van der Waals surface area contributed by atoms with Crippen molar-refractivity contribution in [2.75, 3.05) is 25.0 Å². The molecule has 1 aromatic carbocycles. The van der Waals surface area contributed by atoms with Crippen molar-refractivity contribution in [3.63, 3.8) is 0 Å². The molecule has 7 heteroatoms. The minimum Gasteiger partial charge on any atom is -0.331 e. The number of carbonyl (C=O) groups excluding carboxylic acids is 2. The molecule has 3 heterocycles. The number of carbonyl (C=O) groups is 2. The molecule has 1 aromatic heterocycles. The number of likely N-dealkylation sites (N-methyl/N-ethyl adjacent to an activating group) is 1. The normalized spacial score (nSPS) is 21.2. The van der Waals surface area contributed by atoms with E-state index in [1.54, 1.807) is 9.80 Å². The monoisotopic (exact) mass is 379 g/mol. The smallest absolute Gasteiger partial charge is 0.317 e. The average molecular weight is 379 g/mol. The third-order valence-corrected chi connectivity index (χ3v) is 5.70. The van der Waals surface area contributed by atoms with Gasteiger partial charge in [-0.3, -0.25) is 4.79 Å². The van der Waals surface area contributed by atoms with Crippen molar-refractivity contribution < 1.29 is 9.59 Å². The molecule has 1 unspecified atom stereocenters. The Balaban J connectivity index is 1.51. The van der Waals surface area contributed by atoms with Gasteiger partial charge in [0, 0.05) is 37.2 Å². The first kappa shape index (κ1) is 18.4. The molecule has 0 bridgehead atoms. The Morgan fingerprint density at radius 1 is 1.21 bits per heavy atom. The summed E-state index contributed by atoms with van der Waals surface area (Å²) in [6.07, 6.45) is 1.55. The molecule has 1 atom stereocenters. The van der Waals surface area contributed by atoms with Crippen LogP contribution in [0.2, 0.25) is 0 Å². The topological polar surface area (TPSA) is 78.4 Å². The molecule has 1 fully saturated rings. The quantitative estimate of drug-likeness (QED) is 0.869. The number of amides is 3. The van der Waals surface area contributed by atoms with E-state index in [0.29, 0.717) is 18.9 Å². The zero-order chi connectivity index (χ0) is 19.9. The zero-order valence-corrected chi connectivity index (χ0v) is 16.5. The van der Waals surface area contributed by atoms with Gasteiger partial charge in [0.15, 0.2) is 0 Å². The molecule has 3 amide bonds. The summed E-state index contributed by atoms with van der Waals surface area (Å²) in [5.41, 5.74) is 3.09. The molecule has 28 heavy (non-hydrogen) atoms. The maximum Gasteiger partial charge on any atom is 0.317 e. The number of hydrogen-bond donors (Lipinski definition) is 1. The Morgan fingerprint density at radius 3 is 2.68 bits per heavy atom. The molecule has 0 aliphatic carbocycles. The summed E-state index contributed by atoms with van der Waals surface area (Å²) in [5.74, 6) is 0.670. The van der Waals surface area contributed by atoms with Gasteiger partial charge in [0.05, 0.1) is 12.0 Å². The Bertz CT molecular complexity index is 924. The molecule has 1 N–H and O–H groups in total. The van der Waals surface area contributed by atoms with Gasteiger partial charge in [-0.05, 0) is 44.4 Å². The number of benzene rings is 1. The number of anilines is 1. The van der Waals surface area contributed by atoms with Crippen LogP contribution in [0.3, 0.4) is 0 Å². The number of fused-ring (bicyclic) bond motifs is 2. The number of rotatable bonds is 2. The fourth-order valence-electron chi connectivity index (χ4n) is 4.48. The second kappa shape index (κ2) is 6.89. The second-order valence-electron chi connectivity index (χ2n) is 7.71. The van der Waals surface area contributed by atoms with Crippen LogP contribution in [0.25, 0.3) is 0 Å². The minimum absolute atomic E-state index is 0.0730. The van der Waals surface area contributed by atoms with Crippen LogP contribution in [0.5, 0.6) is 0 Å². The Hall–Kier alpha value is -2.96. The van der Waals surface area contributed by atoms with E-state index in [-0.39, 0.29) is 18.5 Å².